The van der Waals surface area contributed by atoms with E-state index in [4.69, 9.17) is 0 Å². The average molecular weight is 191 g/mol. The van der Waals surface area contributed by atoms with Gasteiger partial charge >= 0.3 is 0 Å². The van der Waals surface area contributed by atoms with Gasteiger partial charge in [0.25, 0.3) is 0 Å². The number of rotatable bonds is 2. The fraction of sp³-hybridized carbons (Fsp3) is 0.200. The van der Waals surface area contributed by atoms with Crippen molar-refractivity contribution in [3.63, 3.8) is 0 Å². The maximum atomic E-state index is 10.6. The van der Waals surface area contributed by atoms with Gasteiger partial charge in [-0.2, -0.15) is 0 Å². The second-order valence-corrected chi connectivity index (χ2v) is 3.23. The Morgan fingerprint density at radius 1 is 1.36 bits per heavy atom. The Hall–Kier alpha value is -1.84. The minimum atomic E-state index is -0.739. The molecule has 1 N–H and O–H groups in total. The van der Waals surface area contributed by atoms with Crippen molar-refractivity contribution < 1.29 is 10.0 Å². The molecule has 1 aromatic carbocycles. The zero-order valence-corrected chi connectivity index (χ0v) is 7.38. The van der Waals surface area contributed by atoms with Crippen LogP contribution in [0.3, 0.4) is 0 Å². The summed E-state index contributed by atoms with van der Waals surface area (Å²) in [6.45, 7) is 0. The van der Waals surface area contributed by atoms with E-state index in [0.29, 0.717) is 5.57 Å². The maximum Gasteiger partial charge on any atom is 0.248 e. The van der Waals surface area contributed by atoms with Gasteiger partial charge in [-0.25, -0.2) is 0 Å². The molecule has 14 heavy (non-hydrogen) atoms. The highest BCUT2D eigenvalue weighted by Crippen LogP contribution is 2.36. The largest absolute Gasteiger partial charge is 0.511 e. The summed E-state index contributed by atoms with van der Waals surface area (Å²) in [6, 6.07) is 8.22. The van der Waals surface area contributed by atoms with Gasteiger partial charge in [-0.15, -0.1) is 0 Å². The second-order valence-electron chi connectivity index (χ2n) is 3.23. The Kier molecular flexibility index (Phi) is 1.96. The Balaban J connectivity index is 2.36. The second kappa shape index (κ2) is 3.14. The average Bonchev–Trinajstić information content (AvgIpc) is 2.15. The fourth-order valence-electron chi connectivity index (χ4n) is 1.61. The molecule has 0 fully saturated rings. The molecule has 1 aromatic rings. The fourth-order valence-corrected chi connectivity index (χ4v) is 1.61. The molecule has 0 saturated heterocycles. The van der Waals surface area contributed by atoms with Crippen LogP contribution in [0.5, 0.6) is 0 Å². The van der Waals surface area contributed by atoms with Gasteiger partial charge in [-0.05, 0) is 5.56 Å². The van der Waals surface area contributed by atoms with Gasteiger partial charge in [-0.3, -0.25) is 10.1 Å². The molecule has 0 spiro atoms. The number of nitrogens with zero attached hydrogens (tertiary/aromatic N) is 1. The molecule has 1 aliphatic rings. The van der Waals surface area contributed by atoms with Crippen LogP contribution < -0.4 is 0 Å². The van der Waals surface area contributed by atoms with Gasteiger partial charge in [0, 0.05) is 4.92 Å². The molecule has 0 aromatic heterocycles. The lowest BCUT2D eigenvalue weighted by Gasteiger charge is -2.23. The van der Waals surface area contributed by atoms with E-state index in [1.165, 1.54) is 0 Å². The molecule has 2 rings (SSSR count). The molecule has 0 heterocycles. The first-order valence-electron chi connectivity index (χ1n) is 4.31. The smallest absolute Gasteiger partial charge is 0.248 e. The van der Waals surface area contributed by atoms with E-state index in [1.807, 2.05) is 6.07 Å². The summed E-state index contributed by atoms with van der Waals surface area (Å²) in [6.07, 6.45) is 0.150. The third-order valence-corrected chi connectivity index (χ3v) is 2.37. The zero-order chi connectivity index (χ0) is 10.1. The third kappa shape index (κ3) is 1.25. The SMILES string of the molecule is O=[N+]([O-])C1CC(O)=C1c1ccccc1. The molecule has 0 radical (unpaired) electrons. The van der Waals surface area contributed by atoms with Crippen LogP contribution in [-0.2, 0) is 0 Å². The summed E-state index contributed by atoms with van der Waals surface area (Å²) in [4.78, 5) is 10.2. The summed E-state index contributed by atoms with van der Waals surface area (Å²) in [5, 5.41) is 19.9. The molecule has 0 amide bonds. The van der Waals surface area contributed by atoms with E-state index in [0.717, 1.165) is 5.56 Å². The highest BCUT2D eigenvalue weighted by atomic mass is 16.6. The van der Waals surface area contributed by atoms with Crippen molar-refractivity contribution in [1.82, 2.24) is 0 Å². The standard InChI is InChI=1S/C10H9NO3/c12-9-6-8(11(13)14)10(9)7-4-2-1-3-5-7/h1-5,8,12H,6H2. The van der Waals surface area contributed by atoms with Gasteiger partial charge in [0.05, 0.1) is 12.0 Å². The van der Waals surface area contributed by atoms with Crippen LogP contribution in [0.2, 0.25) is 0 Å². The van der Waals surface area contributed by atoms with Crippen molar-refractivity contribution in [1.29, 1.82) is 0 Å². The summed E-state index contributed by atoms with van der Waals surface area (Å²) in [5.74, 6) is 0.137. The van der Waals surface area contributed by atoms with E-state index < -0.39 is 6.04 Å². The molecule has 4 nitrogen and oxygen atoms in total. The molecule has 4 heteroatoms. The molecule has 0 bridgehead atoms. The molecular weight excluding hydrogens is 182 g/mol. The first-order valence-corrected chi connectivity index (χ1v) is 4.31. The highest BCUT2D eigenvalue weighted by Gasteiger charge is 2.39. The summed E-state index contributed by atoms with van der Waals surface area (Å²) >= 11 is 0. The lowest BCUT2D eigenvalue weighted by atomic mass is 9.85. The van der Waals surface area contributed by atoms with Crippen LogP contribution >= 0.6 is 0 Å². The molecular formula is C10H9NO3. The minimum Gasteiger partial charge on any atom is -0.511 e. The predicted octanol–water partition coefficient (Wildman–Crippen LogP) is 2.00. The van der Waals surface area contributed by atoms with Crippen molar-refractivity contribution >= 4 is 5.57 Å². The number of hydrogen-bond acceptors (Lipinski definition) is 3. The first-order chi connectivity index (χ1) is 6.70. The van der Waals surface area contributed by atoms with Gasteiger partial charge in [-0.1, -0.05) is 30.3 Å². The number of benzene rings is 1. The lowest BCUT2D eigenvalue weighted by Crippen LogP contribution is -2.30. The summed E-state index contributed by atoms with van der Waals surface area (Å²) < 4.78 is 0. The predicted molar refractivity (Wildman–Crippen MR) is 51.4 cm³/mol. The quantitative estimate of drug-likeness (QED) is 0.574. The van der Waals surface area contributed by atoms with E-state index in [1.54, 1.807) is 24.3 Å². The van der Waals surface area contributed by atoms with E-state index in [2.05, 4.69) is 0 Å². The normalized spacial score (nSPS) is 20.4. The Morgan fingerprint density at radius 3 is 2.50 bits per heavy atom. The molecule has 1 unspecified atom stereocenters. The third-order valence-electron chi connectivity index (χ3n) is 2.37. The van der Waals surface area contributed by atoms with Crippen molar-refractivity contribution in [2.24, 2.45) is 0 Å². The lowest BCUT2D eigenvalue weighted by molar-refractivity contribution is -0.510. The van der Waals surface area contributed by atoms with Crippen LogP contribution in [0.4, 0.5) is 0 Å². The number of aliphatic hydroxyl groups excluding tert-OH is 1. The summed E-state index contributed by atoms with van der Waals surface area (Å²) in [7, 11) is 0. The van der Waals surface area contributed by atoms with Crippen molar-refractivity contribution in [2.45, 2.75) is 12.5 Å². The molecule has 0 aliphatic heterocycles. The first kappa shape index (κ1) is 8.74. The van der Waals surface area contributed by atoms with Crippen LogP contribution in [-0.4, -0.2) is 16.1 Å². The van der Waals surface area contributed by atoms with Gasteiger partial charge in [0.1, 0.15) is 5.76 Å². The van der Waals surface area contributed by atoms with Crippen LogP contribution in [0.25, 0.3) is 5.57 Å². The Labute approximate surface area is 80.6 Å². The van der Waals surface area contributed by atoms with Gasteiger partial charge < -0.3 is 5.11 Å². The molecule has 72 valence electrons. The maximum absolute atomic E-state index is 10.6. The van der Waals surface area contributed by atoms with Crippen LogP contribution in [0.15, 0.2) is 36.1 Å². The monoisotopic (exact) mass is 191 g/mol. The van der Waals surface area contributed by atoms with Crippen LogP contribution in [0.1, 0.15) is 12.0 Å². The zero-order valence-electron chi connectivity index (χ0n) is 7.38. The number of nitro groups is 1. The minimum absolute atomic E-state index is 0.137. The topological polar surface area (TPSA) is 63.4 Å². The molecule has 0 saturated carbocycles. The van der Waals surface area contributed by atoms with Crippen molar-refractivity contribution in [2.75, 3.05) is 0 Å². The molecule has 1 atom stereocenters. The van der Waals surface area contributed by atoms with E-state index >= 15 is 0 Å². The van der Waals surface area contributed by atoms with Crippen LogP contribution in [0, 0.1) is 10.1 Å². The number of aliphatic hydroxyl groups is 1. The molecule has 1 aliphatic carbocycles. The van der Waals surface area contributed by atoms with Gasteiger partial charge in [0.2, 0.25) is 6.04 Å². The van der Waals surface area contributed by atoms with Crippen molar-refractivity contribution in [3.05, 3.63) is 51.8 Å². The van der Waals surface area contributed by atoms with E-state index in [9.17, 15) is 15.2 Å². The Morgan fingerprint density at radius 2 is 2.00 bits per heavy atom. The highest BCUT2D eigenvalue weighted by molar-refractivity contribution is 5.75. The van der Waals surface area contributed by atoms with E-state index in [-0.39, 0.29) is 17.1 Å². The number of hydrogen-bond donors (Lipinski definition) is 1. The summed E-state index contributed by atoms with van der Waals surface area (Å²) in [5.41, 5.74) is 1.19. The Bertz CT molecular complexity index is 397. The van der Waals surface area contributed by atoms with Crippen molar-refractivity contribution in [3.8, 4) is 0 Å². The van der Waals surface area contributed by atoms with Gasteiger partial charge in [0.15, 0.2) is 0 Å².